The van der Waals surface area contributed by atoms with E-state index >= 15 is 0 Å². The quantitative estimate of drug-likeness (QED) is 0.859. The first-order valence-corrected chi connectivity index (χ1v) is 5.52. The predicted octanol–water partition coefficient (Wildman–Crippen LogP) is 1.86. The van der Waals surface area contributed by atoms with Gasteiger partial charge in [0.05, 0.1) is 6.54 Å². The predicted molar refractivity (Wildman–Crippen MR) is 65.6 cm³/mol. The second-order valence-electron chi connectivity index (χ2n) is 3.89. The Morgan fingerprint density at radius 3 is 2.37 bits per heavy atom. The van der Waals surface area contributed by atoms with E-state index in [1.54, 1.807) is 24.3 Å². The maximum absolute atomic E-state index is 12.0. The number of carboxylic acids is 1. The van der Waals surface area contributed by atoms with Gasteiger partial charge in [0, 0.05) is 5.69 Å². The number of carboxylic acid groups (broad SMARTS) is 1. The molecule has 0 spiro atoms. The van der Waals surface area contributed by atoms with Gasteiger partial charge in [0.15, 0.2) is 0 Å². The average Bonchev–Trinajstić information content (AvgIpc) is 2.34. The number of hydrogen-bond acceptors (Lipinski definition) is 2. The smallest absolute Gasteiger partial charge is 0.323 e. The zero-order valence-electron chi connectivity index (χ0n) is 10.3. The summed E-state index contributed by atoms with van der Waals surface area (Å²) in [6, 6.07) is 5.64. The Morgan fingerprint density at radius 2 is 1.89 bits per heavy atom. The summed E-state index contributed by atoms with van der Waals surface area (Å²) in [5, 5.41) is 10.7. The van der Waals surface area contributed by atoms with Gasteiger partial charge in [-0.15, -0.1) is 0 Å². The summed E-state index contributed by atoms with van der Waals surface area (Å²) < 4.78 is 24.1. The van der Waals surface area contributed by atoms with Gasteiger partial charge in [0.25, 0.3) is 6.43 Å². The number of nitrogens with one attached hydrogen (secondary N) is 1. The van der Waals surface area contributed by atoms with Crippen molar-refractivity contribution in [1.82, 2.24) is 5.32 Å². The van der Waals surface area contributed by atoms with E-state index in [2.05, 4.69) is 0 Å². The van der Waals surface area contributed by atoms with Crippen LogP contribution in [0.2, 0.25) is 0 Å². The van der Waals surface area contributed by atoms with E-state index in [1.165, 1.54) is 0 Å². The number of halogens is 2. The van der Waals surface area contributed by atoms with Gasteiger partial charge in [-0.05, 0) is 19.1 Å². The molecule has 0 radical (unpaired) electrons. The van der Waals surface area contributed by atoms with Gasteiger partial charge < -0.3 is 10.4 Å². The van der Waals surface area contributed by atoms with Crippen molar-refractivity contribution in [2.75, 3.05) is 18.0 Å². The average molecular weight is 272 g/mol. The molecule has 19 heavy (non-hydrogen) atoms. The summed E-state index contributed by atoms with van der Waals surface area (Å²) in [7, 11) is 0. The van der Waals surface area contributed by atoms with Crippen molar-refractivity contribution in [2.24, 2.45) is 0 Å². The van der Waals surface area contributed by atoms with E-state index < -0.39 is 31.5 Å². The molecule has 0 atom stereocenters. The highest BCUT2D eigenvalue weighted by Gasteiger charge is 2.19. The number of benzene rings is 1. The fraction of sp³-hybridized carbons (Fsp3) is 0.333. The Morgan fingerprint density at radius 1 is 1.32 bits per heavy atom. The lowest BCUT2D eigenvalue weighted by Crippen LogP contribution is -2.44. The minimum Gasteiger partial charge on any atom is -0.480 e. The van der Waals surface area contributed by atoms with Crippen molar-refractivity contribution >= 4 is 17.7 Å². The molecular formula is C12H14F2N2O3. The van der Waals surface area contributed by atoms with Crippen LogP contribution in [0.5, 0.6) is 0 Å². The third-order valence-electron chi connectivity index (χ3n) is 2.29. The topological polar surface area (TPSA) is 69.6 Å². The molecule has 0 bridgehead atoms. The highest BCUT2D eigenvalue weighted by molar-refractivity contribution is 5.96. The molecule has 104 valence electrons. The fourth-order valence-electron chi connectivity index (χ4n) is 1.40. The molecule has 2 N–H and O–H groups in total. The first-order chi connectivity index (χ1) is 8.90. The molecule has 0 aliphatic rings. The number of anilines is 1. The van der Waals surface area contributed by atoms with Gasteiger partial charge in [-0.1, -0.05) is 17.7 Å². The summed E-state index contributed by atoms with van der Waals surface area (Å²) in [6.45, 7) is 0.418. The summed E-state index contributed by atoms with van der Waals surface area (Å²) in [5.41, 5.74) is 1.27. The molecule has 1 rings (SSSR count). The van der Waals surface area contributed by atoms with Gasteiger partial charge in [0.2, 0.25) is 0 Å². The van der Waals surface area contributed by atoms with E-state index in [0.29, 0.717) is 5.69 Å². The molecule has 7 heteroatoms. The number of carbonyl (C=O) groups excluding carboxylic acids is 1. The molecule has 0 saturated heterocycles. The Hall–Kier alpha value is -2.18. The Labute approximate surface area is 108 Å². The molecule has 1 aromatic rings. The lowest BCUT2D eigenvalue weighted by Gasteiger charge is -2.21. The number of hydrogen-bond donors (Lipinski definition) is 2. The van der Waals surface area contributed by atoms with Gasteiger partial charge in [-0.25, -0.2) is 13.6 Å². The van der Waals surface area contributed by atoms with Crippen LogP contribution in [-0.2, 0) is 4.79 Å². The summed E-state index contributed by atoms with van der Waals surface area (Å²) in [4.78, 5) is 23.3. The molecule has 0 unspecified atom stereocenters. The van der Waals surface area contributed by atoms with Crippen molar-refractivity contribution in [3.8, 4) is 0 Å². The van der Waals surface area contributed by atoms with Crippen LogP contribution in [0, 0.1) is 6.92 Å². The standard InChI is InChI=1S/C12H14F2N2O3/c1-8-2-4-9(5-3-8)16(7-11(17)18)12(19)15-6-10(13)14/h2-5,10H,6-7H2,1H3,(H,15,19)(H,17,18). The van der Waals surface area contributed by atoms with Crippen molar-refractivity contribution in [3.05, 3.63) is 29.8 Å². The number of urea groups is 1. The monoisotopic (exact) mass is 272 g/mol. The molecule has 0 heterocycles. The molecule has 0 aromatic heterocycles. The van der Waals surface area contributed by atoms with Gasteiger partial charge in [-0.2, -0.15) is 0 Å². The summed E-state index contributed by atoms with van der Waals surface area (Å²) in [5.74, 6) is -1.23. The molecule has 1 aromatic carbocycles. The van der Waals surface area contributed by atoms with Crippen LogP contribution in [0.4, 0.5) is 19.3 Å². The number of alkyl halides is 2. The number of carbonyl (C=O) groups is 2. The number of nitrogens with zero attached hydrogens (tertiary/aromatic N) is 1. The maximum atomic E-state index is 12.0. The number of aryl methyl sites for hydroxylation is 1. The van der Waals surface area contributed by atoms with Crippen LogP contribution >= 0.6 is 0 Å². The molecule has 0 fully saturated rings. The largest absolute Gasteiger partial charge is 0.480 e. The number of aliphatic carboxylic acids is 1. The second-order valence-corrected chi connectivity index (χ2v) is 3.89. The first-order valence-electron chi connectivity index (χ1n) is 5.52. The molecule has 0 saturated carbocycles. The number of rotatable bonds is 5. The highest BCUT2D eigenvalue weighted by atomic mass is 19.3. The van der Waals surface area contributed by atoms with E-state index in [1.807, 2.05) is 12.2 Å². The van der Waals surface area contributed by atoms with Crippen LogP contribution in [-0.4, -0.2) is 36.6 Å². The van der Waals surface area contributed by atoms with E-state index in [-0.39, 0.29) is 0 Å². The molecule has 0 aliphatic carbocycles. The molecule has 5 nitrogen and oxygen atoms in total. The van der Waals surface area contributed by atoms with E-state index in [9.17, 15) is 18.4 Å². The molecule has 0 aliphatic heterocycles. The zero-order valence-corrected chi connectivity index (χ0v) is 10.3. The van der Waals surface area contributed by atoms with Crippen molar-refractivity contribution in [1.29, 1.82) is 0 Å². The maximum Gasteiger partial charge on any atom is 0.323 e. The highest BCUT2D eigenvalue weighted by Crippen LogP contribution is 2.15. The Kier molecular flexibility index (Phi) is 5.23. The summed E-state index contributed by atoms with van der Waals surface area (Å²) in [6.07, 6.45) is -2.69. The Bertz CT molecular complexity index is 449. The fourth-order valence-corrected chi connectivity index (χ4v) is 1.40. The van der Waals surface area contributed by atoms with Crippen LogP contribution < -0.4 is 10.2 Å². The van der Waals surface area contributed by atoms with Crippen LogP contribution in [0.1, 0.15) is 5.56 Å². The Balaban J connectivity index is 2.84. The SMILES string of the molecule is Cc1ccc(N(CC(=O)O)C(=O)NCC(F)F)cc1. The normalized spacial score (nSPS) is 10.3. The molecule has 2 amide bonds. The van der Waals surface area contributed by atoms with Gasteiger partial charge >= 0.3 is 12.0 Å². The lowest BCUT2D eigenvalue weighted by molar-refractivity contribution is -0.135. The van der Waals surface area contributed by atoms with Crippen molar-refractivity contribution in [3.63, 3.8) is 0 Å². The van der Waals surface area contributed by atoms with Gasteiger partial charge in [-0.3, -0.25) is 9.69 Å². The first kappa shape index (κ1) is 14.9. The number of amides is 2. The van der Waals surface area contributed by atoms with E-state index in [4.69, 9.17) is 5.11 Å². The minimum atomic E-state index is -2.69. The summed E-state index contributed by atoms with van der Waals surface area (Å²) >= 11 is 0. The van der Waals surface area contributed by atoms with Crippen LogP contribution in [0.25, 0.3) is 0 Å². The third kappa shape index (κ3) is 4.90. The lowest BCUT2D eigenvalue weighted by atomic mass is 10.2. The third-order valence-corrected chi connectivity index (χ3v) is 2.29. The van der Waals surface area contributed by atoms with Gasteiger partial charge in [0.1, 0.15) is 6.54 Å². The second kappa shape index (κ2) is 6.67. The van der Waals surface area contributed by atoms with Crippen molar-refractivity contribution < 1.29 is 23.5 Å². The van der Waals surface area contributed by atoms with Crippen molar-refractivity contribution in [2.45, 2.75) is 13.3 Å². The molecular weight excluding hydrogens is 258 g/mol. The van der Waals surface area contributed by atoms with Crippen LogP contribution in [0.3, 0.4) is 0 Å². The van der Waals surface area contributed by atoms with Crippen LogP contribution in [0.15, 0.2) is 24.3 Å². The van der Waals surface area contributed by atoms with E-state index in [0.717, 1.165) is 10.5 Å². The zero-order chi connectivity index (χ0) is 14.4. The minimum absolute atomic E-state index is 0.333.